The minimum Gasteiger partial charge on any atom is -0.447 e. The Morgan fingerprint density at radius 1 is 0.804 bits per heavy atom. The van der Waals surface area contributed by atoms with E-state index >= 15 is 0 Å². The third kappa shape index (κ3) is 14.8. The molecule has 0 aliphatic heterocycles. The molecule has 2 rings (SSSR count). The number of carbonyl (C=O) groups is 2. The van der Waals surface area contributed by atoms with Crippen LogP contribution in [-0.2, 0) is 28.5 Å². The topological polar surface area (TPSA) is 154 Å². The standard InChI is InChI=1S/C34H58N4O8/c1-24(44-18-26(3)46-29(41)37-28-14-32(6,7)19-33(8,15-28)21-36-23-40)10-11-43-25(2)17-45-30(42)38-34(9)13-27(16-35-22-39)12-31(4,5)20-34/h24-28H,10-21H2,1-9H3,(H,37,41)(H,38,42). The van der Waals surface area contributed by atoms with Gasteiger partial charge in [0.05, 0.1) is 31.9 Å². The normalized spacial score (nSPS) is 28.7. The molecule has 0 aromatic carbocycles. The molecule has 2 aliphatic rings. The first-order valence-corrected chi connectivity index (χ1v) is 16.6. The molecule has 2 saturated carbocycles. The zero-order chi connectivity index (χ0) is 34.6. The maximum Gasteiger partial charge on any atom is 0.407 e. The van der Waals surface area contributed by atoms with E-state index in [0.717, 1.165) is 25.7 Å². The van der Waals surface area contributed by atoms with Gasteiger partial charge in [-0.3, -0.25) is 0 Å². The summed E-state index contributed by atoms with van der Waals surface area (Å²) in [5, 5.41) is 6.03. The number of rotatable bonds is 16. The predicted octanol–water partition coefficient (Wildman–Crippen LogP) is 5.87. The van der Waals surface area contributed by atoms with E-state index in [9.17, 15) is 19.2 Å². The van der Waals surface area contributed by atoms with Crippen LogP contribution in [0.2, 0.25) is 0 Å². The largest absolute Gasteiger partial charge is 0.447 e. The maximum atomic E-state index is 12.6. The molecule has 12 heteroatoms. The molecule has 0 radical (unpaired) electrons. The van der Waals surface area contributed by atoms with Gasteiger partial charge in [0, 0.05) is 18.2 Å². The number of amides is 2. The molecule has 2 aliphatic carbocycles. The lowest BCUT2D eigenvalue weighted by atomic mass is 9.62. The Labute approximate surface area is 275 Å². The highest BCUT2D eigenvalue weighted by atomic mass is 16.6. The first-order valence-electron chi connectivity index (χ1n) is 16.6. The number of isocyanates is 2. The highest BCUT2D eigenvalue weighted by Gasteiger charge is 2.43. The SMILES string of the molecule is CC(CCOC(C)COC(=O)NC1(C)CC(CN=C=O)CC(C)(C)C1)OCC(C)OC(=O)NC1CC(C)(C)CC(C)(CN=C=O)C1. The van der Waals surface area contributed by atoms with Gasteiger partial charge in [-0.1, -0.05) is 34.6 Å². The van der Waals surface area contributed by atoms with Gasteiger partial charge < -0.3 is 29.6 Å². The number of nitrogens with zero attached hydrogens (tertiary/aromatic N) is 2. The van der Waals surface area contributed by atoms with E-state index in [-0.39, 0.29) is 53.6 Å². The van der Waals surface area contributed by atoms with Gasteiger partial charge in [-0.25, -0.2) is 29.2 Å². The van der Waals surface area contributed by atoms with Crippen molar-refractivity contribution in [3.05, 3.63) is 0 Å². The molecule has 46 heavy (non-hydrogen) atoms. The molecular formula is C34H58N4O8. The summed E-state index contributed by atoms with van der Waals surface area (Å²) in [6.45, 7) is 19.9. The molecule has 12 nitrogen and oxygen atoms in total. The molecule has 262 valence electrons. The highest BCUT2D eigenvalue weighted by Crippen LogP contribution is 2.46. The lowest BCUT2D eigenvalue weighted by molar-refractivity contribution is -0.0335. The third-order valence-electron chi connectivity index (χ3n) is 8.86. The Hall–Kier alpha value is -2.78. The zero-order valence-corrected chi connectivity index (χ0v) is 29.5. The summed E-state index contributed by atoms with van der Waals surface area (Å²) in [5.41, 5.74) is -0.654. The maximum absolute atomic E-state index is 12.6. The van der Waals surface area contributed by atoms with Crippen LogP contribution in [0.4, 0.5) is 9.59 Å². The van der Waals surface area contributed by atoms with Crippen molar-refractivity contribution in [3.8, 4) is 0 Å². The van der Waals surface area contributed by atoms with E-state index in [0.29, 0.717) is 39.0 Å². The minimum absolute atomic E-state index is 0.00106. The lowest BCUT2D eigenvalue weighted by Crippen LogP contribution is -2.53. The monoisotopic (exact) mass is 650 g/mol. The Morgan fingerprint density at radius 2 is 1.48 bits per heavy atom. The number of carbonyl (C=O) groups excluding carboxylic acids is 4. The van der Waals surface area contributed by atoms with E-state index < -0.39 is 23.8 Å². The fraction of sp³-hybridized carbons (Fsp3) is 0.882. The van der Waals surface area contributed by atoms with Crippen LogP contribution in [0.15, 0.2) is 9.98 Å². The van der Waals surface area contributed by atoms with Crippen LogP contribution in [0.3, 0.4) is 0 Å². The molecule has 0 aromatic heterocycles. The van der Waals surface area contributed by atoms with E-state index in [1.807, 2.05) is 20.8 Å². The number of alkyl carbamates (subject to hydrolysis) is 2. The quantitative estimate of drug-likeness (QED) is 0.155. The van der Waals surface area contributed by atoms with Crippen LogP contribution in [0, 0.1) is 22.2 Å². The molecule has 0 heterocycles. The van der Waals surface area contributed by atoms with E-state index in [1.165, 1.54) is 0 Å². The van der Waals surface area contributed by atoms with Crippen LogP contribution in [0.25, 0.3) is 0 Å². The Bertz CT molecular complexity index is 1100. The van der Waals surface area contributed by atoms with Gasteiger partial charge in [-0.2, -0.15) is 0 Å². The van der Waals surface area contributed by atoms with Gasteiger partial charge in [-0.05, 0) is 94.8 Å². The van der Waals surface area contributed by atoms with E-state index in [1.54, 1.807) is 19.1 Å². The molecule has 0 bridgehead atoms. The average Bonchev–Trinajstić information content (AvgIpc) is 2.90. The lowest BCUT2D eigenvalue weighted by Gasteiger charge is -2.46. The second kappa shape index (κ2) is 17.4. The van der Waals surface area contributed by atoms with Crippen molar-refractivity contribution in [2.24, 2.45) is 32.1 Å². The van der Waals surface area contributed by atoms with Crippen molar-refractivity contribution >= 4 is 24.3 Å². The first kappa shape index (κ1) is 39.4. The summed E-state index contributed by atoms with van der Waals surface area (Å²) in [6.07, 6.45) is 6.90. The molecule has 2 amide bonds. The molecule has 2 fully saturated rings. The summed E-state index contributed by atoms with van der Waals surface area (Å²) in [6, 6.07) is -0.0753. The molecule has 7 unspecified atom stereocenters. The van der Waals surface area contributed by atoms with Gasteiger partial charge in [0.1, 0.15) is 12.7 Å². The molecule has 0 spiro atoms. The molecule has 2 N–H and O–H groups in total. The van der Waals surface area contributed by atoms with E-state index in [2.05, 4.69) is 55.2 Å². The van der Waals surface area contributed by atoms with Crippen LogP contribution < -0.4 is 10.6 Å². The summed E-state index contributed by atoms with van der Waals surface area (Å²) >= 11 is 0. The number of nitrogens with one attached hydrogen (secondary N) is 2. The van der Waals surface area contributed by atoms with Crippen LogP contribution in [-0.4, -0.2) is 87.1 Å². The van der Waals surface area contributed by atoms with Gasteiger partial charge >= 0.3 is 12.2 Å². The highest BCUT2D eigenvalue weighted by molar-refractivity contribution is 5.68. The van der Waals surface area contributed by atoms with Crippen molar-refractivity contribution in [2.45, 2.75) is 137 Å². The Kier molecular flexibility index (Phi) is 14.9. The van der Waals surface area contributed by atoms with Crippen LogP contribution in [0.1, 0.15) is 107 Å². The Balaban J connectivity index is 1.65. The van der Waals surface area contributed by atoms with Crippen molar-refractivity contribution < 1.29 is 38.1 Å². The Morgan fingerprint density at radius 3 is 2.15 bits per heavy atom. The fourth-order valence-electron chi connectivity index (χ4n) is 7.92. The van der Waals surface area contributed by atoms with Gasteiger partial charge in [-0.15, -0.1) is 0 Å². The number of aliphatic imine (C=N–C) groups is 2. The molecule has 0 aromatic rings. The number of ether oxygens (including phenoxy) is 4. The summed E-state index contributed by atoms with van der Waals surface area (Å²) in [7, 11) is 0. The van der Waals surface area contributed by atoms with Gasteiger partial charge in [0.2, 0.25) is 12.2 Å². The zero-order valence-electron chi connectivity index (χ0n) is 29.5. The van der Waals surface area contributed by atoms with Crippen molar-refractivity contribution in [3.63, 3.8) is 0 Å². The minimum atomic E-state index is -0.490. The molecule has 0 saturated heterocycles. The van der Waals surface area contributed by atoms with Crippen molar-refractivity contribution in [1.82, 2.24) is 10.6 Å². The smallest absolute Gasteiger partial charge is 0.407 e. The molecular weight excluding hydrogens is 592 g/mol. The first-order chi connectivity index (χ1) is 21.4. The average molecular weight is 651 g/mol. The number of hydrogen-bond acceptors (Lipinski definition) is 10. The summed E-state index contributed by atoms with van der Waals surface area (Å²) in [5.74, 6) is 0.191. The summed E-state index contributed by atoms with van der Waals surface area (Å²) in [4.78, 5) is 54.0. The summed E-state index contributed by atoms with van der Waals surface area (Å²) < 4.78 is 22.7. The van der Waals surface area contributed by atoms with Crippen molar-refractivity contribution in [2.75, 3.05) is 32.9 Å². The van der Waals surface area contributed by atoms with Gasteiger partial charge in [0.25, 0.3) is 0 Å². The second-order valence-electron chi connectivity index (χ2n) is 16.0. The van der Waals surface area contributed by atoms with E-state index in [4.69, 9.17) is 18.9 Å². The second-order valence-corrected chi connectivity index (χ2v) is 16.0. The predicted molar refractivity (Wildman–Crippen MR) is 174 cm³/mol. The third-order valence-corrected chi connectivity index (χ3v) is 8.86. The molecule has 7 atom stereocenters. The van der Waals surface area contributed by atoms with Crippen molar-refractivity contribution in [1.29, 1.82) is 0 Å². The number of hydrogen-bond donors (Lipinski definition) is 2. The fourth-order valence-corrected chi connectivity index (χ4v) is 7.92. The van der Waals surface area contributed by atoms with Gasteiger partial charge in [0.15, 0.2) is 0 Å². The van der Waals surface area contributed by atoms with Crippen LogP contribution >= 0.6 is 0 Å². The van der Waals surface area contributed by atoms with Crippen LogP contribution in [0.5, 0.6) is 0 Å².